The molecule has 0 spiro atoms. The topological polar surface area (TPSA) is 139 Å². The summed E-state index contributed by atoms with van der Waals surface area (Å²) in [5, 5.41) is 10.7. The number of non-ortho nitro benzene ring substituents is 1. The van der Waals surface area contributed by atoms with Gasteiger partial charge in [0.15, 0.2) is 21.3 Å². The molecule has 10 heteroatoms. The maximum atomic E-state index is 12.7. The van der Waals surface area contributed by atoms with Crippen LogP contribution >= 0.6 is 0 Å². The minimum atomic E-state index is -4.10. The van der Waals surface area contributed by atoms with E-state index >= 15 is 0 Å². The Morgan fingerprint density at radius 1 is 1.17 bits per heavy atom. The quantitative estimate of drug-likeness (QED) is 0.373. The zero-order valence-electron chi connectivity index (χ0n) is 15.8. The first kappa shape index (κ1) is 21.9. The van der Waals surface area contributed by atoms with Gasteiger partial charge in [-0.05, 0) is 36.3 Å². The minimum absolute atomic E-state index is 0.168. The largest absolute Gasteiger partial charge is 0.493 e. The monoisotopic (exact) mass is 420 g/mol. The second kappa shape index (κ2) is 9.20. The van der Waals surface area contributed by atoms with Crippen LogP contribution in [0.3, 0.4) is 0 Å². The number of benzene rings is 2. The number of methoxy groups -OCH3 is 1. The number of ether oxygens (including phenoxy) is 2. The molecule has 0 aromatic heterocycles. The summed E-state index contributed by atoms with van der Waals surface area (Å²) in [5.41, 5.74) is 5.80. The van der Waals surface area contributed by atoms with E-state index in [0.717, 1.165) is 6.08 Å². The van der Waals surface area contributed by atoms with Crippen molar-refractivity contribution < 1.29 is 27.6 Å². The lowest BCUT2D eigenvalue weighted by molar-refractivity contribution is -0.384. The number of nitrogens with zero attached hydrogens (tertiary/aromatic N) is 1. The second-order valence-electron chi connectivity index (χ2n) is 5.90. The van der Waals surface area contributed by atoms with E-state index in [2.05, 4.69) is 0 Å². The minimum Gasteiger partial charge on any atom is -0.493 e. The lowest BCUT2D eigenvalue weighted by Crippen LogP contribution is -2.22. The van der Waals surface area contributed by atoms with Crippen molar-refractivity contribution in [1.29, 1.82) is 0 Å². The molecule has 2 aromatic carbocycles. The summed E-state index contributed by atoms with van der Waals surface area (Å²) in [4.78, 5) is 21.4. The van der Waals surface area contributed by atoms with Gasteiger partial charge in [0.2, 0.25) is 0 Å². The highest BCUT2D eigenvalue weighted by atomic mass is 32.2. The van der Waals surface area contributed by atoms with Crippen LogP contribution in [0.2, 0.25) is 0 Å². The third-order valence-electron chi connectivity index (χ3n) is 3.87. The maximum absolute atomic E-state index is 12.7. The molecule has 2 N–H and O–H groups in total. The third kappa shape index (κ3) is 5.55. The normalized spacial score (nSPS) is 11.7. The summed E-state index contributed by atoms with van der Waals surface area (Å²) in [6.45, 7) is 2.23. The van der Waals surface area contributed by atoms with E-state index in [4.69, 9.17) is 15.2 Å². The van der Waals surface area contributed by atoms with Crippen LogP contribution in [0.1, 0.15) is 18.1 Å². The fraction of sp³-hybridized carbons (Fsp3) is 0.211. The van der Waals surface area contributed by atoms with Crippen LogP contribution in [0.4, 0.5) is 5.69 Å². The lowest BCUT2D eigenvalue weighted by atomic mass is 10.2. The zero-order valence-corrected chi connectivity index (χ0v) is 16.6. The van der Waals surface area contributed by atoms with E-state index in [0.29, 0.717) is 23.7 Å². The van der Waals surface area contributed by atoms with Gasteiger partial charge in [0.05, 0.1) is 24.4 Å². The van der Waals surface area contributed by atoms with E-state index in [-0.39, 0.29) is 11.3 Å². The standard InChI is InChI=1S/C19H20N2O7S/c1-3-28-16-9-6-14(10-17(16)27-2)11-18(19(20)22)29(25,26)12-13-4-7-15(8-5-13)21(23)24/h4-11H,3,12H2,1-2H3,(H2,20,22)/b18-11+. The van der Waals surface area contributed by atoms with E-state index in [1.54, 1.807) is 12.1 Å². The number of carbonyl (C=O) groups is 1. The Kier molecular flexibility index (Phi) is 6.94. The van der Waals surface area contributed by atoms with Gasteiger partial charge in [-0.15, -0.1) is 0 Å². The van der Waals surface area contributed by atoms with Crippen LogP contribution in [-0.4, -0.2) is 33.0 Å². The van der Waals surface area contributed by atoms with E-state index in [1.165, 1.54) is 37.4 Å². The smallest absolute Gasteiger partial charge is 0.269 e. The van der Waals surface area contributed by atoms with Crippen LogP contribution in [0.25, 0.3) is 6.08 Å². The summed E-state index contributed by atoms with van der Waals surface area (Å²) in [6.07, 6.45) is 1.15. The molecule has 0 saturated carbocycles. The van der Waals surface area contributed by atoms with Crippen LogP contribution in [0.5, 0.6) is 11.5 Å². The van der Waals surface area contributed by atoms with Gasteiger partial charge in [-0.25, -0.2) is 8.42 Å². The Balaban J connectivity index is 2.38. The number of rotatable bonds is 9. The van der Waals surface area contributed by atoms with Gasteiger partial charge in [-0.1, -0.05) is 18.2 Å². The van der Waals surface area contributed by atoms with Crippen molar-refractivity contribution in [3.05, 3.63) is 68.6 Å². The number of nitrogens with two attached hydrogens (primary N) is 1. The van der Waals surface area contributed by atoms with E-state index in [1.807, 2.05) is 6.92 Å². The van der Waals surface area contributed by atoms with Crippen LogP contribution in [0, 0.1) is 10.1 Å². The molecule has 0 heterocycles. The number of hydrogen-bond donors (Lipinski definition) is 1. The average molecular weight is 420 g/mol. The molecule has 2 aromatic rings. The first-order valence-electron chi connectivity index (χ1n) is 8.46. The molecule has 0 aliphatic carbocycles. The Morgan fingerprint density at radius 3 is 2.34 bits per heavy atom. The van der Waals surface area contributed by atoms with E-state index in [9.17, 15) is 23.3 Å². The number of amides is 1. The summed E-state index contributed by atoms with van der Waals surface area (Å²) in [5.74, 6) is -0.799. The van der Waals surface area contributed by atoms with Gasteiger partial charge in [-0.2, -0.15) is 0 Å². The van der Waals surface area contributed by atoms with Gasteiger partial charge in [0, 0.05) is 12.1 Å². The van der Waals surface area contributed by atoms with Crippen molar-refractivity contribution in [3.63, 3.8) is 0 Å². The molecule has 154 valence electrons. The van der Waals surface area contributed by atoms with Crippen molar-refractivity contribution in [2.24, 2.45) is 5.73 Å². The summed E-state index contributed by atoms with van der Waals surface area (Å²) < 4.78 is 36.1. The van der Waals surface area contributed by atoms with Gasteiger partial charge in [-0.3, -0.25) is 14.9 Å². The Bertz CT molecular complexity index is 1040. The highest BCUT2D eigenvalue weighted by Crippen LogP contribution is 2.29. The Labute approximate surface area is 167 Å². The van der Waals surface area contributed by atoms with Gasteiger partial charge < -0.3 is 15.2 Å². The number of nitro benzene ring substituents is 1. The van der Waals surface area contributed by atoms with Crippen LogP contribution in [-0.2, 0) is 20.4 Å². The molecule has 2 rings (SSSR count). The molecular weight excluding hydrogens is 400 g/mol. The van der Waals surface area contributed by atoms with Gasteiger partial charge in [0.25, 0.3) is 11.6 Å². The first-order chi connectivity index (χ1) is 13.7. The van der Waals surface area contributed by atoms with Crippen LogP contribution in [0.15, 0.2) is 47.4 Å². The molecule has 0 atom stereocenters. The first-order valence-corrected chi connectivity index (χ1v) is 10.1. The zero-order chi connectivity index (χ0) is 21.6. The fourth-order valence-electron chi connectivity index (χ4n) is 2.53. The molecule has 0 aliphatic heterocycles. The SMILES string of the molecule is CCOc1ccc(/C=C(\C(N)=O)S(=O)(=O)Cc2ccc([N+](=O)[O-])cc2)cc1OC. The van der Waals surface area contributed by atoms with Crippen molar-refractivity contribution in [2.45, 2.75) is 12.7 Å². The maximum Gasteiger partial charge on any atom is 0.269 e. The number of hydrogen-bond acceptors (Lipinski definition) is 7. The predicted molar refractivity (Wildman–Crippen MR) is 107 cm³/mol. The predicted octanol–water partition coefficient (Wildman–Crippen LogP) is 2.44. The Morgan fingerprint density at radius 2 is 1.83 bits per heavy atom. The number of nitro groups is 1. The van der Waals surface area contributed by atoms with Crippen molar-refractivity contribution in [2.75, 3.05) is 13.7 Å². The average Bonchev–Trinajstić information content (AvgIpc) is 2.66. The van der Waals surface area contributed by atoms with Crippen molar-refractivity contribution in [1.82, 2.24) is 0 Å². The Hall–Kier alpha value is -3.40. The summed E-state index contributed by atoms with van der Waals surface area (Å²) in [6, 6.07) is 9.69. The lowest BCUT2D eigenvalue weighted by Gasteiger charge is -2.11. The molecule has 0 saturated heterocycles. The molecular formula is C19H20N2O7S. The molecule has 0 bridgehead atoms. The molecule has 1 amide bonds. The third-order valence-corrected chi connectivity index (χ3v) is 5.57. The number of carbonyl (C=O) groups excluding carboxylic acids is 1. The van der Waals surface area contributed by atoms with Crippen molar-refractivity contribution >= 4 is 27.5 Å². The van der Waals surface area contributed by atoms with Gasteiger partial charge >= 0.3 is 0 Å². The molecule has 0 fully saturated rings. The molecule has 9 nitrogen and oxygen atoms in total. The molecule has 0 radical (unpaired) electrons. The van der Waals surface area contributed by atoms with Gasteiger partial charge in [0.1, 0.15) is 4.91 Å². The molecule has 0 unspecified atom stereocenters. The van der Waals surface area contributed by atoms with Crippen LogP contribution < -0.4 is 15.2 Å². The molecule has 29 heavy (non-hydrogen) atoms. The number of primary amides is 1. The fourth-order valence-corrected chi connectivity index (χ4v) is 3.93. The second-order valence-corrected chi connectivity index (χ2v) is 7.86. The molecule has 0 aliphatic rings. The highest BCUT2D eigenvalue weighted by molar-refractivity contribution is 7.95. The van der Waals surface area contributed by atoms with Crippen molar-refractivity contribution in [3.8, 4) is 11.5 Å². The van der Waals surface area contributed by atoms with E-state index < -0.39 is 31.3 Å². The summed E-state index contributed by atoms with van der Waals surface area (Å²) in [7, 11) is -2.67. The number of sulfone groups is 1. The summed E-state index contributed by atoms with van der Waals surface area (Å²) >= 11 is 0. The highest BCUT2D eigenvalue weighted by Gasteiger charge is 2.24.